The molecule has 0 bridgehead atoms. The van der Waals surface area contributed by atoms with Crippen LogP contribution < -0.4 is 0 Å². The van der Waals surface area contributed by atoms with Gasteiger partial charge in [-0.25, -0.2) is 0 Å². The molecule has 0 N–H and O–H groups in total. The third-order valence-electron chi connectivity index (χ3n) is 0. The molecule has 0 heterocycles. The minimum absolute atomic E-state index is 0. The molecule has 0 aliphatic rings. The van der Waals surface area contributed by atoms with Crippen LogP contribution in [-0.4, -0.2) is 84.1 Å². The van der Waals surface area contributed by atoms with Crippen molar-refractivity contribution in [2.75, 3.05) is 0 Å². The molecule has 0 amide bonds. The van der Waals surface area contributed by atoms with Crippen molar-refractivity contribution in [1.82, 2.24) is 0 Å². The molecular weight excluding hydrogens is 240 g/mol. The quantitative estimate of drug-likeness (QED) is 0.463. The number of rotatable bonds is 0. The van der Waals surface area contributed by atoms with Crippen molar-refractivity contribution in [3.8, 4) is 0 Å². The van der Waals surface area contributed by atoms with E-state index in [4.69, 9.17) is 0 Å². The molecule has 10 radical (unpaired) electrons. The van der Waals surface area contributed by atoms with Crippen LogP contribution in [0, 0.1) is 0 Å². The van der Waals surface area contributed by atoms with Crippen LogP contribution in [0.4, 0.5) is 0 Å². The van der Waals surface area contributed by atoms with E-state index in [2.05, 4.69) is 0 Å². The fourth-order valence-corrected chi connectivity index (χ4v) is 0. The van der Waals surface area contributed by atoms with Crippen molar-refractivity contribution in [1.29, 1.82) is 0 Å². The Kier molecular flexibility index (Phi) is 127. The Hall–Kier alpha value is 2.73. The normalized spacial score (nSPS) is 0. The molecule has 0 fully saturated rings. The molecule has 0 nitrogen and oxygen atoms in total. The van der Waals surface area contributed by atoms with Gasteiger partial charge in [0.15, 0.2) is 0 Å². The van der Waals surface area contributed by atoms with Gasteiger partial charge in [0.05, 0.1) is 0 Å². The molecular formula is H2AlGaMgSn. The summed E-state index contributed by atoms with van der Waals surface area (Å²) in [6.07, 6.45) is 0. The van der Waals surface area contributed by atoms with Crippen LogP contribution in [0.15, 0.2) is 0 Å². The van der Waals surface area contributed by atoms with Gasteiger partial charge in [0.25, 0.3) is 0 Å². The first-order valence-electron chi connectivity index (χ1n) is 0. The second kappa shape index (κ2) is 17.2. The van der Waals surface area contributed by atoms with Crippen LogP contribution in [0.1, 0.15) is 2.85 Å². The summed E-state index contributed by atoms with van der Waals surface area (Å²) in [6, 6.07) is 0. The molecule has 0 saturated carbocycles. The van der Waals surface area contributed by atoms with Crippen LogP contribution >= 0.6 is 0 Å². The summed E-state index contributed by atoms with van der Waals surface area (Å²) in [5.74, 6) is 0. The molecule has 0 atom stereocenters. The average molecular weight is 242 g/mol. The minimum atomic E-state index is 0. The van der Waals surface area contributed by atoms with Crippen LogP contribution in [-0.2, 0) is 0 Å². The fraction of sp³-hybridized carbons (Fsp3) is 0. The van der Waals surface area contributed by atoms with E-state index in [1.807, 2.05) is 0 Å². The van der Waals surface area contributed by atoms with Crippen molar-refractivity contribution >= 4 is 84.1 Å². The van der Waals surface area contributed by atoms with Crippen molar-refractivity contribution in [3.63, 3.8) is 0 Å². The van der Waals surface area contributed by atoms with Gasteiger partial charge < -0.3 is 2.85 Å². The molecule has 0 aromatic carbocycles. The van der Waals surface area contributed by atoms with E-state index in [1.54, 1.807) is 0 Å². The summed E-state index contributed by atoms with van der Waals surface area (Å²) in [5.41, 5.74) is 0. The fourth-order valence-electron chi connectivity index (χ4n) is 0. The van der Waals surface area contributed by atoms with Gasteiger partial charge in [-0.15, -0.1) is 0 Å². The van der Waals surface area contributed by atoms with Crippen molar-refractivity contribution < 1.29 is 2.85 Å². The van der Waals surface area contributed by atoms with E-state index in [0.29, 0.717) is 0 Å². The molecule has 0 saturated heterocycles. The standard InChI is InChI=1S/Al.Ga.Mg.Sn.2H/q;;+2;;2*-1. The molecule has 0 aromatic heterocycles. The minimum Gasteiger partial charge on any atom is -1.00 e. The topological polar surface area (TPSA) is 0 Å². The van der Waals surface area contributed by atoms with Crippen LogP contribution in [0.25, 0.3) is 0 Å². The molecule has 0 rings (SSSR count). The Bertz CT molecular complexity index is 13.5. The van der Waals surface area contributed by atoms with Crippen LogP contribution in [0.3, 0.4) is 0 Å². The van der Waals surface area contributed by atoms with Gasteiger partial charge in [0.2, 0.25) is 0 Å². The predicted octanol–water partition coefficient (Wildman–Crippen LogP) is -1.30. The number of hydrogen-bond acceptors (Lipinski definition) is 0. The summed E-state index contributed by atoms with van der Waals surface area (Å²) in [5, 5.41) is 0. The van der Waals surface area contributed by atoms with E-state index in [9.17, 15) is 0 Å². The zero-order valence-corrected chi connectivity index (χ0v) is 10.2. The van der Waals surface area contributed by atoms with E-state index < -0.39 is 0 Å². The molecule has 0 aliphatic carbocycles. The average Bonchev–Trinajstić information content (AvgIpc) is 0. The van der Waals surface area contributed by atoms with Gasteiger partial charge in [0.1, 0.15) is 0 Å². The Morgan fingerprint density at radius 1 is 1.25 bits per heavy atom. The molecule has 0 aromatic rings. The maximum Gasteiger partial charge on any atom is 2.00 e. The third-order valence-corrected chi connectivity index (χ3v) is 0. The second-order valence-corrected chi connectivity index (χ2v) is 0. The van der Waals surface area contributed by atoms with Crippen molar-refractivity contribution in [3.05, 3.63) is 0 Å². The summed E-state index contributed by atoms with van der Waals surface area (Å²) in [7, 11) is 0. The maximum absolute atomic E-state index is 0. The van der Waals surface area contributed by atoms with Crippen molar-refractivity contribution in [2.45, 2.75) is 0 Å². The Balaban J connectivity index is 0. The number of hydrogen-bond donors (Lipinski definition) is 0. The summed E-state index contributed by atoms with van der Waals surface area (Å²) in [6.45, 7) is 0. The first-order chi connectivity index (χ1) is 0. The molecule has 4 heavy (non-hydrogen) atoms. The molecule has 0 spiro atoms. The summed E-state index contributed by atoms with van der Waals surface area (Å²) < 4.78 is 0. The molecule has 4 heteroatoms. The van der Waals surface area contributed by atoms with Crippen LogP contribution in [0.2, 0.25) is 0 Å². The largest absolute Gasteiger partial charge is 2.00 e. The van der Waals surface area contributed by atoms with E-state index >= 15 is 0 Å². The SMILES string of the molecule is [Al].[Ga].[H-].[H-].[Mg+2].[Sn]. The second-order valence-electron chi connectivity index (χ2n) is 0. The zero-order valence-electron chi connectivity index (χ0n) is 4.36. The predicted molar refractivity (Wildman–Crippen MR) is 25.2 cm³/mol. The Labute approximate surface area is 85.7 Å². The molecule has 14 valence electrons. The summed E-state index contributed by atoms with van der Waals surface area (Å²) in [4.78, 5) is 0. The Morgan fingerprint density at radius 2 is 1.25 bits per heavy atom. The Morgan fingerprint density at radius 3 is 1.25 bits per heavy atom. The molecule has 0 unspecified atom stereocenters. The van der Waals surface area contributed by atoms with E-state index in [-0.39, 0.29) is 87.0 Å². The third kappa shape index (κ3) is 8.83. The van der Waals surface area contributed by atoms with E-state index in [0.717, 1.165) is 0 Å². The van der Waals surface area contributed by atoms with Crippen LogP contribution in [0.5, 0.6) is 0 Å². The van der Waals surface area contributed by atoms with Gasteiger partial charge in [0, 0.05) is 61.1 Å². The maximum atomic E-state index is 0. The van der Waals surface area contributed by atoms with Crippen molar-refractivity contribution in [2.24, 2.45) is 0 Å². The first-order valence-corrected chi connectivity index (χ1v) is 0. The monoisotopic (exact) mass is 242 g/mol. The summed E-state index contributed by atoms with van der Waals surface area (Å²) >= 11 is 0. The zero-order chi connectivity index (χ0) is 0. The van der Waals surface area contributed by atoms with Gasteiger partial charge in [-0.3, -0.25) is 0 Å². The van der Waals surface area contributed by atoms with Gasteiger partial charge in [-0.1, -0.05) is 0 Å². The first kappa shape index (κ1) is 29.6. The smallest absolute Gasteiger partial charge is 1.00 e. The molecule has 0 aliphatic heterocycles. The van der Waals surface area contributed by atoms with Gasteiger partial charge in [-0.05, 0) is 0 Å². The van der Waals surface area contributed by atoms with E-state index in [1.165, 1.54) is 0 Å². The van der Waals surface area contributed by atoms with Gasteiger partial charge in [-0.2, -0.15) is 0 Å². The van der Waals surface area contributed by atoms with Gasteiger partial charge >= 0.3 is 23.1 Å².